The molecule has 2 rings (SSSR count). The van der Waals surface area contributed by atoms with Gasteiger partial charge in [-0.05, 0) is 0 Å². The summed E-state index contributed by atoms with van der Waals surface area (Å²) >= 11 is 0. The molecule has 0 heterocycles. The predicted octanol–water partition coefficient (Wildman–Crippen LogP) is 4.31. The highest BCUT2D eigenvalue weighted by molar-refractivity contribution is 6.12. The summed E-state index contributed by atoms with van der Waals surface area (Å²) < 4.78 is 0. The molecular formula is C23H24N2O3. The number of hydrogen-bond donors (Lipinski definition) is 2. The molecule has 2 aromatic carbocycles. The smallest absolute Gasteiger partial charge is 0.159 e. The lowest BCUT2D eigenvalue weighted by atomic mass is 10.0. The molecule has 5 heteroatoms. The largest absolute Gasteiger partial charge is 0.506 e. The zero-order valence-electron chi connectivity index (χ0n) is 16.1. The Morgan fingerprint density at radius 1 is 0.857 bits per heavy atom. The molecule has 0 aromatic heterocycles. The number of nitrogens with one attached hydrogen (secondary N) is 1. The van der Waals surface area contributed by atoms with Gasteiger partial charge in [-0.2, -0.15) is 5.10 Å². The van der Waals surface area contributed by atoms with Crippen molar-refractivity contribution in [1.82, 2.24) is 5.43 Å². The number of allylic oxidation sites excluding steroid dienone is 2. The van der Waals surface area contributed by atoms with Crippen molar-refractivity contribution < 1.29 is 14.7 Å². The van der Waals surface area contributed by atoms with Crippen LogP contribution in [0.1, 0.15) is 37.8 Å². The third kappa shape index (κ3) is 6.06. The summed E-state index contributed by atoms with van der Waals surface area (Å²) in [7, 11) is 0. The minimum Gasteiger partial charge on any atom is -0.506 e. The van der Waals surface area contributed by atoms with Gasteiger partial charge in [-0.25, -0.2) is 0 Å². The van der Waals surface area contributed by atoms with Crippen molar-refractivity contribution in [2.75, 3.05) is 0 Å². The second-order valence-corrected chi connectivity index (χ2v) is 6.03. The van der Waals surface area contributed by atoms with Gasteiger partial charge in [0.1, 0.15) is 11.5 Å². The molecule has 0 aliphatic rings. The average molecular weight is 376 g/mol. The Bertz CT molecular complexity index is 856. The zero-order chi connectivity index (χ0) is 20.4. The first kappa shape index (κ1) is 20.8. The van der Waals surface area contributed by atoms with Crippen LogP contribution in [0.4, 0.5) is 0 Å². The number of hydrazone groups is 1. The van der Waals surface area contributed by atoms with Gasteiger partial charge in [0.25, 0.3) is 0 Å². The number of benzene rings is 2. The van der Waals surface area contributed by atoms with Crippen molar-refractivity contribution in [3.05, 3.63) is 95.4 Å². The average Bonchev–Trinajstić information content (AvgIpc) is 2.74. The maximum atomic E-state index is 11.9. The summed E-state index contributed by atoms with van der Waals surface area (Å²) in [5.74, 6) is -0.759. The van der Waals surface area contributed by atoms with E-state index >= 15 is 0 Å². The number of nitrogens with zero attached hydrogens (tertiary/aromatic N) is 1. The molecular weight excluding hydrogens is 352 g/mol. The molecule has 0 saturated carbocycles. The van der Waals surface area contributed by atoms with Crippen LogP contribution in [0.2, 0.25) is 0 Å². The van der Waals surface area contributed by atoms with Crippen molar-refractivity contribution in [3.8, 4) is 0 Å². The van der Waals surface area contributed by atoms with Gasteiger partial charge in [-0.15, -0.1) is 0 Å². The summed E-state index contributed by atoms with van der Waals surface area (Å²) in [4.78, 5) is 23.5. The van der Waals surface area contributed by atoms with Crippen LogP contribution < -0.4 is 5.43 Å². The van der Waals surface area contributed by atoms with E-state index in [-0.39, 0.29) is 35.9 Å². The van der Waals surface area contributed by atoms with Crippen LogP contribution >= 0.6 is 0 Å². The molecule has 5 nitrogen and oxygen atoms in total. The van der Waals surface area contributed by atoms with Gasteiger partial charge < -0.3 is 5.11 Å². The minimum atomic E-state index is -0.321. The fraction of sp³-hybridized carbons (Fsp3) is 0.174. The molecule has 144 valence electrons. The van der Waals surface area contributed by atoms with Crippen molar-refractivity contribution in [2.45, 2.75) is 26.7 Å². The topological polar surface area (TPSA) is 78.8 Å². The Kier molecular flexibility index (Phi) is 7.91. The lowest BCUT2D eigenvalue weighted by molar-refractivity contribution is -0.115. The quantitative estimate of drug-likeness (QED) is 0.225. The minimum absolute atomic E-state index is 0.0815. The van der Waals surface area contributed by atoms with Crippen LogP contribution in [0.3, 0.4) is 0 Å². The van der Waals surface area contributed by atoms with Gasteiger partial charge in [0, 0.05) is 36.1 Å². The molecule has 0 spiro atoms. The first-order valence-electron chi connectivity index (χ1n) is 9.18. The highest BCUT2D eigenvalue weighted by Gasteiger charge is 2.10. The van der Waals surface area contributed by atoms with Crippen LogP contribution in [0, 0.1) is 0 Å². The second kappa shape index (κ2) is 10.6. The Balaban J connectivity index is 2.45. The second-order valence-electron chi connectivity index (χ2n) is 6.03. The van der Waals surface area contributed by atoms with Crippen LogP contribution in [0.15, 0.2) is 89.4 Å². The van der Waals surface area contributed by atoms with E-state index < -0.39 is 0 Å². The van der Waals surface area contributed by atoms with E-state index in [0.29, 0.717) is 5.71 Å². The van der Waals surface area contributed by atoms with Crippen LogP contribution in [-0.4, -0.2) is 22.4 Å². The van der Waals surface area contributed by atoms with Crippen molar-refractivity contribution >= 4 is 17.3 Å². The molecule has 0 unspecified atom stereocenters. The van der Waals surface area contributed by atoms with Crippen molar-refractivity contribution in [3.63, 3.8) is 0 Å². The molecule has 28 heavy (non-hydrogen) atoms. The van der Waals surface area contributed by atoms with Gasteiger partial charge in [0.2, 0.25) is 0 Å². The summed E-state index contributed by atoms with van der Waals surface area (Å²) in [5, 5.41) is 14.7. The van der Waals surface area contributed by atoms with E-state index in [1.54, 1.807) is 13.8 Å². The SMILES string of the molecule is CCC(=O)/C=C(O)/C(=C/C(=O)CC)NN=C(c1ccccc1)c1ccccc1. The van der Waals surface area contributed by atoms with Gasteiger partial charge >= 0.3 is 0 Å². The number of rotatable bonds is 9. The monoisotopic (exact) mass is 376 g/mol. The molecule has 0 radical (unpaired) electrons. The fourth-order valence-corrected chi connectivity index (χ4v) is 2.36. The first-order chi connectivity index (χ1) is 13.5. The predicted molar refractivity (Wildman–Crippen MR) is 111 cm³/mol. The third-order valence-electron chi connectivity index (χ3n) is 3.96. The lowest BCUT2D eigenvalue weighted by Crippen LogP contribution is -2.16. The molecule has 0 atom stereocenters. The summed E-state index contributed by atoms with van der Waals surface area (Å²) in [6.07, 6.45) is 2.88. The van der Waals surface area contributed by atoms with E-state index in [9.17, 15) is 14.7 Å². The van der Waals surface area contributed by atoms with Crippen molar-refractivity contribution in [2.24, 2.45) is 5.10 Å². The van der Waals surface area contributed by atoms with Crippen LogP contribution in [0.5, 0.6) is 0 Å². The summed E-state index contributed by atoms with van der Waals surface area (Å²) in [6, 6.07) is 19.1. The van der Waals surface area contributed by atoms with Crippen LogP contribution in [0.25, 0.3) is 0 Å². The first-order valence-corrected chi connectivity index (χ1v) is 9.18. The maximum absolute atomic E-state index is 11.9. The Hall–Kier alpha value is -3.47. The number of hydrogen-bond acceptors (Lipinski definition) is 5. The molecule has 0 aliphatic heterocycles. The maximum Gasteiger partial charge on any atom is 0.159 e. The molecule has 0 saturated heterocycles. The summed E-state index contributed by atoms with van der Waals surface area (Å²) in [5.41, 5.74) is 5.24. The number of aliphatic hydroxyl groups is 1. The van der Waals surface area contributed by atoms with E-state index in [1.165, 1.54) is 6.08 Å². The third-order valence-corrected chi connectivity index (χ3v) is 3.96. The lowest BCUT2D eigenvalue weighted by Gasteiger charge is -2.11. The molecule has 0 amide bonds. The van der Waals surface area contributed by atoms with Gasteiger partial charge in [-0.3, -0.25) is 15.0 Å². The molecule has 0 bridgehead atoms. The van der Waals surface area contributed by atoms with Gasteiger partial charge in [-0.1, -0.05) is 74.5 Å². The number of carbonyl (C=O) groups excluding carboxylic acids is 2. The Morgan fingerprint density at radius 2 is 1.32 bits per heavy atom. The normalized spacial score (nSPS) is 11.6. The van der Waals surface area contributed by atoms with E-state index in [2.05, 4.69) is 10.5 Å². The highest BCUT2D eigenvalue weighted by Crippen LogP contribution is 2.12. The summed E-state index contributed by atoms with van der Waals surface area (Å²) in [6.45, 7) is 3.41. The standard InChI is InChI=1S/C23H24N2O3/c1-3-19(26)15-21(22(28)16-20(27)4-2)24-25-23(17-11-7-5-8-12-17)18-13-9-6-10-14-18/h5-16,24,28H,3-4H2,1-2H3/b21-15-,22-16-. The number of ketones is 2. The van der Waals surface area contributed by atoms with E-state index in [4.69, 9.17) is 0 Å². The Labute approximate surface area is 165 Å². The molecule has 0 aliphatic carbocycles. The molecule has 2 aromatic rings. The zero-order valence-corrected chi connectivity index (χ0v) is 16.1. The highest BCUT2D eigenvalue weighted by atomic mass is 16.3. The van der Waals surface area contributed by atoms with Gasteiger partial charge in [0.05, 0.1) is 5.71 Å². The number of carbonyl (C=O) groups is 2. The fourth-order valence-electron chi connectivity index (χ4n) is 2.36. The number of aliphatic hydroxyl groups excluding tert-OH is 1. The van der Waals surface area contributed by atoms with Gasteiger partial charge in [0.15, 0.2) is 11.6 Å². The van der Waals surface area contributed by atoms with E-state index in [1.807, 2.05) is 60.7 Å². The Morgan fingerprint density at radius 3 is 1.79 bits per heavy atom. The van der Waals surface area contributed by atoms with E-state index in [0.717, 1.165) is 17.2 Å². The van der Waals surface area contributed by atoms with Crippen molar-refractivity contribution in [1.29, 1.82) is 0 Å². The molecule has 2 N–H and O–H groups in total. The molecule has 0 fully saturated rings. The van der Waals surface area contributed by atoms with Crippen LogP contribution in [-0.2, 0) is 9.59 Å².